The lowest BCUT2D eigenvalue weighted by Crippen LogP contribution is -2.42. The maximum absolute atomic E-state index is 12.5. The summed E-state index contributed by atoms with van der Waals surface area (Å²) in [6, 6.07) is 6.93. The van der Waals surface area contributed by atoms with Crippen LogP contribution >= 0.6 is 0 Å². The van der Waals surface area contributed by atoms with Crippen LogP contribution in [0.2, 0.25) is 0 Å². The van der Waals surface area contributed by atoms with E-state index in [1.54, 1.807) is 19.1 Å². The Morgan fingerprint density at radius 2 is 1.80 bits per heavy atom. The Labute approximate surface area is 120 Å². The van der Waals surface area contributed by atoms with Crippen LogP contribution in [-0.2, 0) is 9.53 Å². The lowest BCUT2D eigenvalue weighted by molar-refractivity contribution is -0.143. The monoisotopic (exact) mass is 277 g/mol. The maximum atomic E-state index is 12.5. The highest BCUT2D eigenvalue weighted by Gasteiger charge is 2.24. The second kappa shape index (κ2) is 7.80. The average Bonchev–Trinajstić information content (AvgIpc) is 2.38. The van der Waals surface area contributed by atoms with Gasteiger partial charge in [0.15, 0.2) is 5.78 Å². The van der Waals surface area contributed by atoms with E-state index in [1.165, 1.54) is 0 Å². The number of hydrogen-bond donors (Lipinski definition) is 1. The van der Waals surface area contributed by atoms with E-state index in [0.717, 1.165) is 5.56 Å². The van der Waals surface area contributed by atoms with Gasteiger partial charge in [0, 0.05) is 11.6 Å². The molecule has 4 heteroatoms. The highest BCUT2D eigenvalue weighted by atomic mass is 16.5. The van der Waals surface area contributed by atoms with Gasteiger partial charge < -0.3 is 10.1 Å². The number of nitrogens with one attached hydrogen (secondary N) is 1. The van der Waals surface area contributed by atoms with Crippen LogP contribution in [0.1, 0.15) is 43.1 Å². The summed E-state index contributed by atoms with van der Waals surface area (Å²) in [6.45, 7) is 7.94. The van der Waals surface area contributed by atoms with Crippen LogP contribution in [0.3, 0.4) is 0 Å². The summed E-state index contributed by atoms with van der Waals surface area (Å²) in [6.07, 6.45) is 0.0543. The van der Waals surface area contributed by atoms with Crippen molar-refractivity contribution in [2.75, 3.05) is 6.61 Å². The van der Waals surface area contributed by atoms with Crippen LogP contribution in [0.5, 0.6) is 0 Å². The third kappa shape index (κ3) is 5.13. The van der Waals surface area contributed by atoms with Crippen LogP contribution in [0, 0.1) is 6.92 Å². The molecule has 0 aliphatic carbocycles. The molecule has 0 aliphatic rings. The molecule has 1 atom stereocenters. The summed E-state index contributed by atoms with van der Waals surface area (Å²) in [5.41, 5.74) is 1.71. The van der Waals surface area contributed by atoms with Crippen molar-refractivity contribution in [1.82, 2.24) is 5.32 Å². The first-order valence-corrected chi connectivity index (χ1v) is 6.96. The molecule has 0 bridgehead atoms. The Bertz CT molecular complexity index is 451. The number of esters is 1. The van der Waals surface area contributed by atoms with Gasteiger partial charge in [-0.25, -0.2) is 0 Å². The van der Waals surface area contributed by atoms with Gasteiger partial charge in [-0.1, -0.05) is 43.7 Å². The van der Waals surface area contributed by atoms with E-state index in [0.29, 0.717) is 12.2 Å². The molecule has 0 saturated heterocycles. The quantitative estimate of drug-likeness (QED) is 0.614. The van der Waals surface area contributed by atoms with Crippen LogP contribution in [-0.4, -0.2) is 30.4 Å². The highest BCUT2D eigenvalue weighted by Crippen LogP contribution is 2.10. The smallest absolute Gasteiger partial charge is 0.307 e. The summed E-state index contributed by atoms with van der Waals surface area (Å²) >= 11 is 0. The van der Waals surface area contributed by atoms with Crippen LogP contribution < -0.4 is 5.32 Å². The van der Waals surface area contributed by atoms with E-state index in [9.17, 15) is 9.59 Å². The average molecular weight is 277 g/mol. The molecule has 0 aromatic heterocycles. The molecule has 1 unspecified atom stereocenters. The fraction of sp³-hybridized carbons (Fsp3) is 0.500. The number of ether oxygens (including phenoxy) is 1. The molecule has 4 nitrogen and oxygen atoms in total. The number of aryl methyl sites for hydroxylation is 1. The Kier molecular flexibility index (Phi) is 6.39. The van der Waals surface area contributed by atoms with Gasteiger partial charge in [-0.15, -0.1) is 0 Å². The summed E-state index contributed by atoms with van der Waals surface area (Å²) < 4.78 is 4.93. The van der Waals surface area contributed by atoms with E-state index < -0.39 is 6.04 Å². The lowest BCUT2D eigenvalue weighted by Gasteiger charge is -2.19. The number of rotatable bonds is 7. The summed E-state index contributed by atoms with van der Waals surface area (Å²) in [4.78, 5) is 24.1. The van der Waals surface area contributed by atoms with E-state index in [1.807, 2.05) is 32.9 Å². The van der Waals surface area contributed by atoms with Crippen molar-refractivity contribution < 1.29 is 14.3 Å². The van der Waals surface area contributed by atoms with Gasteiger partial charge in [-0.2, -0.15) is 0 Å². The molecule has 0 heterocycles. The van der Waals surface area contributed by atoms with E-state index >= 15 is 0 Å². The van der Waals surface area contributed by atoms with Crippen molar-refractivity contribution in [1.29, 1.82) is 0 Å². The first-order chi connectivity index (χ1) is 9.43. The normalized spacial score (nSPS) is 12.2. The number of Topliss-reactive ketones (excluding diaryl/α,β-unsaturated/α-hetero) is 1. The molecule has 0 radical (unpaired) electrons. The molecule has 1 aromatic rings. The van der Waals surface area contributed by atoms with Gasteiger partial charge in [-0.3, -0.25) is 9.59 Å². The molecular formula is C16H23NO3. The van der Waals surface area contributed by atoms with Gasteiger partial charge in [0.25, 0.3) is 0 Å². The zero-order chi connectivity index (χ0) is 15.1. The maximum Gasteiger partial charge on any atom is 0.307 e. The van der Waals surface area contributed by atoms with Gasteiger partial charge in [-0.05, 0) is 13.8 Å². The first-order valence-electron chi connectivity index (χ1n) is 6.96. The lowest BCUT2D eigenvalue weighted by atomic mass is 10.00. The van der Waals surface area contributed by atoms with E-state index in [4.69, 9.17) is 4.74 Å². The Hall–Kier alpha value is -1.68. The summed E-state index contributed by atoms with van der Waals surface area (Å²) in [5.74, 6) is -0.433. The van der Waals surface area contributed by atoms with Crippen LogP contribution in [0.25, 0.3) is 0 Å². The topological polar surface area (TPSA) is 55.4 Å². The zero-order valence-corrected chi connectivity index (χ0v) is 12.6. The summed E-state index contributed by atoms with van der Waals surface area (Å²) in [5, 5.41) is 3.13. The SMILES string of the molecule is CCOC(=O)CC(NC(C)C)C(=O)c1ccc(C)cc1. The van der Waals surface area contributed by atoms with Gasteiger partial charge in [0.1, 0.15) is 0 Å². The summed E-state index contributed by atoms with van der Waals surface area (Å²) in [7, 11) is 0. The van der Waals surface area contributed by atoms with E-state index in [2.05, 4.69) is 5.32 Å². The zero-order valence-electron chi connectivity index (χ0n) is 12.6. The molecule has 1 aromatic carbocycles. The Balaban J connectivity index is 2.83. The molecule has 0 amide bonds. The molecule has 1 N–H and O–H groups in total. The van der Waals surface area contributed by atoms with Crippen molar-refractivity contribution in [3.05, 3.63) is 35.4 Å². The van der Waals surface area contributed by atoms with Crippen LogP contribution in [0.4, 0.5) is 0 Å². The second-order valence-electron chi connectivity index (χ2n) is 5.11. The number of carbonyl (C=O) groups excluding carboxylic acids is 2. The number of ketones is 1. The van der Waals surface area contributed by atoms with Crippen molar-refractivity contribution >= 4 is 11.8 Å². The standard InChI is InChI=1S/C16H23NO3/c1-5-20-15(18)10-14(17-11(2)3)16(19)13-8-6-12(4)7-9-13/h6-9,11,14,17H,5,10H2,1-4H3. The van der Waals surface area contributed by atoms with Crippen molar-refractivity contribution in [3.8, 4) is 0 Å². The number of hydrogen-bond acceptors (Lipinski definition) is 4. The minimum Gasteiger partial charge on any atom is -0.466 e. The molecule has 0 fully saturated rings. The second-order valence-corrected chi connectivity index (χ2v) is 5.11. The largest absolute Gasteiger partial charge is 0.466 e. The fourth-order valence-corrected chi connectivity index (χ4v) is 1.94. The van der Waals surface area contributed by atoms with Crippen molar-refractivity contribution in [2.24, 2.45) is 0 Å². The molecule has 1 rings (SSSR count). The number of benzene rings is 1. The van der Waals surface area contributed by atoms with Gasteiger partial charge in [0.05, 0.1) is 19.1 Å². The molecule has 0 aliphatic heterocycles. The molecular weight excluding hydrogens is 254 g/mol. The third-order valence-electron chi connectivity index (χ3n) is 2.86. The van der Waals surface area contributed by atoms with E-state index in [-0.39, 0.29) is 24.2 Å². The predicted octanol–water partition coefficient (Wildman–Crippen LogP) is 2.50. The number of carbonyl (C=O) groups is 2. The minimum absolute atomic E-state index is 0.0543. The van der Waals surface area contributed by atoms with Crippen LogP contribution in [0.15, 0.2) is 24.3 Å². The molecule has 110 valence electrons. The fourth-order valence-electron chi connectivity index (χ4n) is 1.94. The highest BCUT2D eigenvalue weighted by molar-refractivity contribution is 6.01. The van der Waals surface area contributed by atoms with Crippen molar-refractivity contribution in [3.63, 3.8) is 0 Å². The minimum atomic E-state index is -0.545. The van der Waals surface area contributed by atoms with Crippen molar-refractivity contribution in [2.45, 2.75) is 46.2 Å². The predicted molar refractivity (Wildman–Crippen MR) is 78.8 cm³/mol. The van der Waals surface area contributed by atoms with Gasteiger partial charge in [0.2, 0.25) is 0 Å². The first kappa shape index (κ1) is 16.4. The van der Waals surface area contributed by atoms with Gasteiger partial charge >= 0.3 is 5.97 Å². The molecule has 20 heavy (non-hydrogen) atoms. The third-order valence-corrected chi connectivity index (χ3v) is 2.86. The molecule has 0 saturated carbocycles. The molecule has 0 spiro atoms. The Morgan fingerprint density at radius 3 is 2.30 bits per heavy atom. The Morgan fingerprint density at radius 1 is 1.20 bits per heavy atom.